The lowest BCUT2D eigenvalue weighted by Gasteiger charge is -2.35. The first-order chi connectivity index (χ1) is 15.1. The highest BCUT2D eigenvalue weighted by atomic mass is 19.1. The fourth-order valence-corrected chi connectivity index (χ4v) is 5.68. The lowest BCUT2D eigenvalue weighted by Crippen LogP contribution is -2.37. The van der Waals surface area contributed by atoms with Crippen LogP contribution in [0.3, 0.4) is 0 Å². The number of benzene rings is 1. The summed E-state index contributed by atoms with van der Waals surface area (Å²) in [6.07, 6.45) is 6.50. The molecule has 4 heterocycles. The number of hydrogen-bond donors (Lipinski definition) is 0. The van der Waals surface area contributed by atoms with Crippen molar-refractivity contribution in [3.05, 3.63) is 34.1 Å². The third-order valence-electron chi connectivity index (χ3n) is 7.48. The van der Waals surface area contributed by atoms with E-state index in [1.165, 1.54) is 0 Å². The molecule has 7 nitrogen and oxygen atoms in total. The van der Waals surface area contributed by atoms with Gasteiger partial charge in [0.25, 0.3) is 0 Å². The molecule has 2 fully saturated rings. The fraction of sp³-hybridized carbons (Fsp3) is 0.565. The normalized spacial score (nSPS) is 26.2. The van der Waals surface area contributed by atoms with Crippen LogP contribution in [0.5, 0.6) is 5.75 Å². The number of methoxy groups -OCH3 is 1. The lowest BCUT2D eigenvalue weighted by molar-refractivity contribution is 0.00635. The van der Waals surface area contributed by atoms with Gasteiger partial charge < -0.3 is 9.47 Å². The third-order valence-corrected chi connectivity index (χ3v) is 7.48. The van der Waals surface area contributed by atoms with Crippen LogP contribution in [0.2, 0.25) is 0 Å². The molecule has 0 N–H and O–H groups in total. The van der Waals surface area contributed by atoms with Gasteiger partial charge in [-0.2, -0.15) is 0 Å². The minimum atomic E-state index is -0.304. The van der Waals surface area contributed by atoms with Gasteiger partial charge in [-0.15, -0.1) is 0 Å². The van der Waals surface area contributed by atoms with E-state index in [-0.39, 0.29) is 35.4 Å². The Morgan fingerprint density at radius 1 is 1.26 bits per heavy atom. The zero-order valence-electron chi connectivity index (χ0n) is 17.9. The molecule has 31 heavy (non-hydrogen) atoms. The maximum Gasteiger partial charge on any atom is 0.329 e. The monoisotopic (exact) mass is 426 g/mol. The molecule has 0 amide bonds. The van der Waals surface area contributed by atoms with Crippen molar-refractivity contribution in [3.63, 3.8) is 0 Å². The summed E-state index contributed by atoms with van der Waals surface area (Å²) >= 11 is 0. The summed E-state index contributed by atoms with van der Waals surface area (Å²) in [4.78, 5) is 20.2. The number of halogens is 1. The third kappa shape index (κ3) is 2.70. The number of hydrogen-bond acceptors (Lipinski definition) is 5. The summed E-state index contributed by atoms with van der Waals surface area (Å²) in [6, 6.07) is 1.77. The smallest absolute Gasteiger partial charge is 0.329 e. The first-order valence-corrected chi connectivity index (χ1v) is 11.2. The van der Waals surface area contributed by atoms with Gasteiger partial charge >= 0.3 is 5.69 Å². The van der Waals surface area contributed by atoms with Gasteiger partial charge in [-0.05, 0) is 44.8 Å². The van der Waals surface area contributed by atoms with Crippen molar-refractivity contribution in [2.24, 2.45) is 7.05 Å². The van der Waals surface area contributed by atoms with Crippen molar-refractivity contribution in [1.82, 2.24) is 19.0 Å². The molecule has 1 saturated heterocycles. The maximum atomic E-state index is 15.6. The molecule has 1 atom stereocenters. The van der Waals surface area contributed by atoms with Gasteiger partial charge in [-0.1, -0.05) is 0 Å². The average molecular weight is 426 g/mol. The molecule has 8 heteroatoms. The first-order valence-electron chi connectivity index (χ1n) is 11.2. The molecule has 1 unspecified atom stereocenters. The SMILES string of the molecule is COC1CC(n2c(=O)n(C)c3cnc4c5c(F)c(cc4c32)OCCC5N2CCCC2)C1. The minimum absolute atomic E-state index is 0.0529. The van der Waals surface area contributed by atoms with Gasteiger partial charge in [0.1, 0.15) is 0 Å². The Kier molecular flexibility index (Phi) is 4.37. The summed E-state index contributed by atoms with van der Waals surface area (Å²) in [5.74, 6) is -0.0357. The van der Waals surface area contributed by atoms with Crippen LogP contribution in [0.15, 0.2) is 17.1 Å². The molecule has 0 radical (unpaired) electrons. The van der Waals surface area contributed by atoms with Gasteiger partial charge in [0.05, 0.1) is 35.5 Å². The van der Waals surface area contributed by atoms with E-state index in [2.05, 4.69) is 4.90 Å². The Labute approximate surface area is 179 Å². The Bertz CT molecular complexity index is 1240. The molecule has 2 aromatic heterocycles. The largest absolute Gasteiger partial charge is 0.490 e. The summed E-state index contributed by atoms with van der Waals surface area (Å²) < 4.78 is 30.4. The van der Waals surface area contributed by atoms with Gasteiger partial charge in [-0.3, -0.25) is 19.0 Å². The van der Waals surface area contributed by atoms with Crippen molar-refractivity contribution < 1.29 is 13.9 Å². The second-order valence-electron chi connectivity index (χ2n) is 9.08. The van der Waals surface area contributed by atoms with Crippen molar-refractivity contribution in [1.29, 1.82) is 0 Å². The van der Waals surface area contributed by atoms with Crippen LogP contribution in [0.25, 0.3) is 21.9 Å². The predicted molar refractivity (Wildman–Crippen MR) is 115 cm³/mol. The molecule has 2 aliphatic heterocycles. The molecule has 3 aromatic rings. The number of ether oxygens (including phenoxy) is 2. The van der Waals surface area contributed by atoms with Crippen LogP contribution >= 0.6 is 0 Å². The number of likely N-dealkylation sites (tertiary alicyclic amines) is 1. The summed E-state index contributed by atoms with van der Waals surface area (Å²) in [5.41, 5.74) is 2.80. The standard InChI is InChI=1S/C23H27FN4O3/c1-26-17-12-25-21-15(22(17)28(23(26)29)13-9-14(10-13)30-2)11-18-20(24)19(21)16(5-8-31-18)27-6-3-4-7-27/h11-14,16H,3-10H2,1-2H3. The Morgan fingerprint density at radius 2 is 2.03 bits per heavy atom. The van der Waals surface area contributed by atoms with Crippen LogP contribution in [0.4, 0.5) is 4.39 Å². The molecule has 164 valence electrons. The highest BCUT2D eigenvalue weighted by molar-refractivity contribution is 6.04. The van der Waals surface area contributed by atoms with E-state index >= 15 is 4.39 Å². The van der Waals surface area contributed by atoms with Gasteiger partial charge in [-0.25, -0.2) is 9.18 Å². The van der Waals surface area contributed by atoms with Crippen molar-refractivity contribution in [2.75, 3.05) is 26.8 Å². The van der Waals surface area contributed by atoms with Crippen LogP contribution in [-0.4, -0.2) is 51.9 Å². The predicted octanol–water partition coefficient (Wildman–Crippen LogP) is 3.30. The van der Waals surface area contributed by atoms with Crippen molar-refractivity contribution in [2.45, 2.75) is 50.3 Å². The number of nitrogens with zero attached hydrogens (tertiary/aromatic N) is 4. The molecule has 1 aliphatic carbocycles. The van der Waals surface area contributed by atoms with E-state index in [0.717, 1.165) is 61.6 Å². The second kappa shape index (κ2) is 7.03. The van der Waals surface area contributed by atoms with E-state index < -0.39 is 0 Å². The lowest BCUT2D eigenvalue weighted by atomic mass is 9.88. The molecule has 2 bridgehead atoms. The minimum Gasteiger partial charge on any atom is -0.490 e. The molecular weight excluding hydrogens is 399 g/mol. The van der Waals surface area contributed by atoms with Crippen LogP contribution in [-0.2, 0) is 11.8 Å². The summed E-state index contributed by atoms with van der Waals surface area (Å²) in [6.45, 7) is 2.41. The van der Waals surface area contributed by atoms with E-state index in [9.17, 15) is 4.79 Å². The highest BCUT2D eigenvalue weighted by Crippen LogP contribution is 2.43. The number of aryl methyl sites for hydroxylation is 1. The topological polar surface area (TPSA) is 61.5 Å². The summed E-state index contributed by atoms with van der Waals surface area (Å²) in [7, 11) is 3.48. The molecule has 3 aliphatic rings. The zero-order valence-corrected chi connectivity index (χ0v) is 17.9. The van der Waals surface area contributed by atoms with E-state index in [1.807, 2.05) is 4.57 Å². The number of fused-ring (bicyclic) bond motifs is 6. The van der Waals surface area contributed by atoms with E-state index in [4.69, 9.17) is 14.5 Å². The molecule has 1 saturated carbocycles. The number of aromatic nitrogens is 3. The Hall–Kier alpha value is -2.45. The van der Waals surface area contributed by atoms with E-state index in [1.54, 1.807) is 31.0 Å². The maximum absolute atomic E-state index is 15.6. The van der Waals surface area contributed by atoms with Crippen LogP contribution in [0, 0.1) is 5.82 Å². The number of pyridine rings is 1. The first kappa shape index (κ1) is 19.3. The number of imidazole rings is 1. The van der Waals surface area contributed by atoms with Gasteiger partial charge in [0, 0.05) is 43.6 Å². The summed E-state index contributed by atoms with van der Waals surface area (Å²) in [5, 5.41) is 0.800. The number of rotatable bonds is 3. The Balaban J connectivity index is 1.63. The van der Waals surface area contributed by atoms with Crippen LogP contribution in [0.1, 0.15) is 49.8 Å². The fourth-order valence-electron chi connectivity index (χ4n) is 5.68. The van der Waals surface area contributed by atoms with E-state index in [0.29, 0.717) is 17.7 Å². The Morgan fingerprint density at radius 3 is 2.77 bits per heavy atom. The quantitative estimate of drug-likeness (QED) is 0.643. The molecular formula is C23H27FN4O3. The van der Waals surface area contributed by atoms with Gasteiger partial charge in [0.15, 0.2) is 11.6 Å². The molecule has 0 spiro atoms. The highest BCUT2D eigenvalue weighted by Gasteiger charge is 2.36. The molecule has 6 rings (SSSR count). The van der Waals surface area contributed by atoms with Crippen molar-refractivity contribution >= 4 is 21.9 Å². The second-order valence-corrected chi connectivity index (χ2v) is 9.08. The molecule has 1 aromatic carbocycles. The van der Waals surface area contributed by atoms with Crippen LogP contribution < -0.4 is 10.4 Å². The zero-order chi connectivity index (χ0) is 21.3. The van der Waals surface area contributed by atoms with Crippen molar-refractivity contribution in [3.8, 4) is 5.75 Å². The van der Waals surface area contributed by atoms with Gasteiger partial charge in [0.2, 0.25) is 0 Å². The average Bonchev–Trinajstić information content (AvgIpc) is 3.32.